The van der Waals surface area contributed by atoms with Crippen molar-refractivity contribution in [1.82, 2.24) is 14.5 Å². The second kappa shape index (κ2) is 12.3. The Balaban J connectivity index is 1.53. The maximum atomic E-state index is 13.5. The number of amides is 1. The van der Waals surface area contributed by atoms with E-state index in [0.29, 0.717) is 54.5 Å². The van der Waals surface area contributed by atoms with Crippen LogP contribution < -0.4 is 9.47 Å². The second-order valence-corrected chi connectivity index (χ2v) is 9.51. The lowest BCUT2D eigenvalue weighted by Crippen LogP contribution is -2.31. The van der Waals surface area contributed by atoms with Crippen LogP contribution in [-0.2, 0) is 16.1 Å². The fraction of sp³-hybridized carbons (Fsp3) is 0.219. The van der Waals surface area contributed by atoms with Crippen LogP contribution in [0.5, 0.6) is 17.2 Å². The molecule has 8 nitrogen and oxygen atoms in total. The number of ether oxygens (including phenoxy) is 2. The number of aryl methyl sites for hydroxylation is 1. The number of Topliss-reactive ketones (excluding diaryl/α,β-unsaturated/α-hetero) is 1. The van der Waals surface area contributed by atoms with E-state index in [1.807, 2.05) is 66.2 Å². The van der Waals surface area contributed by atoms with Crippen LogP contribution in [0.15, 0.2) is 103 Å². The van der Waals surface area contributed by atoms with Gasteiger partial charge >= 0.3 is 0 Å². The summed E-state index contributed by atoms with van der Waals surface area (Å²) in [5.41, 5.74) is 1.11. The van der Waals surface area contributed by atoms with Gasteiger partial charge in [-0.3, -0.25) is 9.59 Å². The number of hydrogen-bond donors (Lipinski definition) is 1. The summed E-state index contributed by atoms with van der Waals surface area (Å²) in [4.78, 5) is 32.4. The zero-order valence-electron chi connectivity index (χ0n) is 22.3. The number of rotatable bonds is 11. The predicted molar refractivity (Wildman–Crippen MR) is 151 cm³/mol. The average Bonchev–Trinajstić information content (AvgIpc) is 3.59. The number of para-hydroxylation sites is 1. The summed E-state index contributed by atoms with van der Waals surface area (Å²) in [5, 5.41) is 11.5. The van der Waals surface area contributed by atoms with Crippen molar-refractivity contribution in [2.24, 2.45) is 0 Å². The summed E-state index contributed by atoms with van der Waals surface area (Å²) in [7, 11) is 0. The third-order valence-corrected chi connectivity index (χ3v) is 6.65. The lowest BCUT2D eigenvalue weighted by Gasteiger charge is -2.26. The van der Waals surface area contributed by atoms with Crippen molar-refractivity contribution in [2.75, 3.05) is 13.2 Å². The SMILES string of the molecule is CCCOc1cccc(C(O)=C2C(=O)C(=O)N(CCCn3ccnc3)C2c2cccc(Oc3ccccc3)c2)c1. The topological polar surface area (TPSA) is 93.9 Å². The number of carbonyl (C=O) groups excluding carboxylic acids is 2. The van der Waals surface area contributed by atoms with Gasteiger partial charge in [0.15, 0.2) is 0 Å². The quantitative estimate of drug-likeness (QED) is 0.144. The van der Waals surface area contributed by atoms with Gasteiger partial charge in [0.25, 0.3) is 11.7 Å². The summed E-state index contributed by atoms with van der Waals surface area (Å²) in [6.07, 6.45) is 6.69. The number of ketones is 1. The largest absolute Gasteiger partial charge is 0.507 e. The number of carbonyl (C=O) groups is 2. The Kier molecular flexibility index (Phi) is 8.25. The zero-order valence-corrected chi connectivity index (χ0v) is 22.3. The second-order valence-electron chi connectivity index (χ2n) is 9.51. The average molecular weight is 538 g/mol. The molecule has 1 aliphatic heterocycles. The van der Waals surface area contributed by atoms with Crippen molar-refractivity contribution in [3.8, 4) is 17.2 Å². The van der Waals surface area contributed by atoms with Crippen molar-refractivity contribution in [1.29, 1.82) is 0 Å². The molecule has 8 heteroatoms. The van der Waals surface area contributed by atoms with Crippen LogP contribution >= 0.6 is 0 Å². The number of aromatic nitrogens is 2. The van der Waals surface area contributed by atoms with Crippen LogP contribution in [0.1, 0.15) is 36.9 Å². The van der Waals surface area contributed by atoms with E-state index in [4.69, 9.17) is 9.47 Å². The minimum Gasteiger partial charge on any atom is -0.507 e. The van der Waals surface area contributed by atoms with Crippen LogP contribution in [0.2, 0.25) is 0 Å². The number of likely N-dealkylation sites (tertiary alicyclic amines) is 1. The fourth-order valence-electron chi connectivity index (χ4n) is 4.78. The Morgan fingerprint density at radius 3 is 2.48 bits per heavy atom. The molecule has 1 fully saturated rings. The van der Waals surface area contributed by atoms with Crippen LogP contribution in [0.4, 0.5) is 0 Å². The molecule has 1 N–H and O–H groups in total. The lowest BCUT2D eigenvalue weighted by molar-refractivity contribution is -0.139. The molecule has 1 unspecified atom stereocenters. The Morgan fingerprint density at radius 1 is 0.925 bits per heavy atom. The van der Waals surface area contributed by atoms with Crippen LogP contribution in [0, 0.1) is 0 Å². The molecule has 1 aromatic heterocycles. The Hall–Kier alpha value is -4.85. The van der Waals surface area contributed by atoms with Gasteiger partial charge in [-0.2, -0.15) is 0 Å². The summed E-state index contributed by atoms with van der Waals surface area (Å²) in [6, 6.07) is 22.8. The van der Waals surface area contributed by atoms with E-state index >= 15 is 0 Å². The molecule has 3 aromatic carbocycles. The van der Waals surface area contributed by atoms with E-state index in [1.165, 1.54) is 4.90 Å². The maximum absolute atomic E-state index is 13.5. The van der Waals surface area contributed by atoms with Gasteiger partial charge in [-0.1, -0.05) is 49.4 Å². The first-order chi connectivity index (χ1) is 19.5. The summed E-state index contributed by atoms with van der Waals surface area (Å²) in [5.74, 6) is 0.192. The molecule has 0 radical (unpaired) electrons. The third-order valence-electron chi connectivity index (χ3n) is 6.65. The molecular weight excluding hydrogens is 506 g/mol. The monoisotopic (exact) mass is 537 g/mol. The lowest BCUT2D eigenvalue weighted by atomic mass is 9.95. The first kappa shape index (κ1) is 26.7. The molecule has 4 aromatic rings. The first-order valence-corrected chi connectivity index (χ1v) is 13.4. The summed E-state index contributed by atoms with van der Waals surface area (Å²) < 4.78 is 13.7. The van der Waals surface area contributed by atoms with E-state index in [0.717, 1.165) is 6.42 Å². The third kappa shape index (κ3) is 5.91. The molecular formula is C32H31N3O5. The number of hydrogen-bond acceptors (Lipinski definition) is 6. The highest BCUT2D eigenvalue weighted by Crippen LogP contribution is 2.41. The zero-order chi connectivity index (χ0) is 27.9. The number of imidazole rings is 1. The van der Waals surface area contributed by atoms with Gasteiger partial charge in [0.1, 0.15) is 23.0 Å². The molecule has 0 bridgehead atoms. The smallest absolute Gasteiger partial charge is 0.295 e. The van der Waals surface area contributed by atoms with E-state index in [-0.39, 0.29) is 11.3 Å². The Labute approximate surface area is 233 Å². The molecule has 0 spiro atoms. The standard InChI is InChI=1S/C32H31N3O5/c1-2-19-39-26-13-7-10-24(21-26)30(36)28-29(23-9-6-14-27(20-23)40-25-11-4-3-5-12-25)35(32(38)31(28)37)17-8-16-34-18-15-33-22-34/h3-7,9-15,18,20-22,29,36H,2,8,16-17,19H2,1H3. The van der Waals surface area contributed by atoms with E-state index < -0.39 is 17.7 Å². The molecule has 1 saturated heterocycles. The van der Waals surface area contributed by atoms with Gasteiger partial charge in [-0.15, -0.1) is 0 Å². The highest BCUT2D eigenvalue weighted by Gasteiger charge is 2.46. The van der Waals surface area contributed by atoms with E-state index in [1.54, 1.807) is 42.9 Å². The molecule has 0 saturated carbocycles. The Bertz CT molecular complexity index is 1500. The highest BCUT2D eigenvalue weighted by atomic mass is 16.5. The Morgan fingerprint density at radius 2 is 1.70 bits per heavy atom. The van der Waals surface area contributed by atoms with E-state index in [2.05, 4.69) is 4.98 Å². The normalized spacial score (nSPS) is 16.3. The van der Waals surface area contributed by atoms with Gasteiger partial charge in [-0.05, 0) is 54.8 Å². The van der Waals surface area contributed by atoms with Crippen molar-refractivity contribution < 1.29 is 24.2 Å². The molecule has 1 amide bonds. The van der Waals surface area contributed by atoms with Crippen LogP contribution in [-0.4, -0.2) is 44.4 Å². The number of aliphatic hydroxyl groups is 1. The minimum absolute atomic E-state index is 0.0390. The van der Waals surface area contributed by atoms with Crippen molar-refractivity contribution >= 4 is 17.4 Å². The number of benzene rings is 3. The van der Waals surface area contributed by atoms with Crippen LogP contribution in [0.25, 0.3) is 5.76 Å². The number of aliphatic hydroxyl groups excluding tert-OH is 1. The summed E-state index contributed by atoms with van der Waals surface area (Å²) >= 11 is 0. The first-order valence-electron chi connectivity index (χ1n) is 13.4. The highest BCUT2D eigenvalue weighted by molar-refractivity contribution is 6.46. The molecule has 1 aliphatic rings. The molecule has 1 atom stereocenters. The van der Waals surface area contributed by atoms with Gasteiger partial charge < -0.3 is 24.0 Å². The van der Waals surface area contributed by atoms with Gasteiger partial charge in [-0.25, -0.2) is 4.98 Å². The van der Waals surface area contributed by atoms with Crippen LogP contribution in [0.3, 0.4) is 0 Å². The molecule has 40 heavy (non-hydrogen) atoms. The molecule has 204 valence electrons. The predicted octanol–water partition coefficient (Wildman–Crippen LogP) is 5.98. The van der Waals surface area contributed by atoms with Crippen molar-refractivity contribution in [3.63, 3.8) is 0 Å². The minimum atomic E-state index is -0.790. The van der Waals surface area contributed by atoms with E-state index in [9.17, 15) is 14.7 Å². The van der Waals surface area contributed by atoms with Gasteiger partial charge in [0, 0.05) is 31.0 Å². The van der Waals surface area contributed by atoms with Crippen molar-refractivity contribution in [3.05, 3.63) is 114 Å². The fourth-order valence-corrected chi connectivity index (χ4v) is 4.78. The molecule has 2 heterocycles. The number of nitrogens with zero attached hydrogens (tertiary/aromatic N) is 3. The van der Waals surface area contributed by atoms with Crippen molar-refractivity contribution in [2.45, 2.75) is 32.4 Å². The maximum Gasteiger partial charge on any atom is 0.295 e. The molecule has 5 rings (SSSR count). The van der Waals surface area contributed by atoms with Gasteiger partial charge in [0.05, 0.1) is 24.5 Å². The summed E-state index contributed by atoms with van der Waals surface area (Å²) in [6.45, 7) is 3.48. The molecule has 0 aliphatic carbocycles. The van der Waals surface area contributed by atoms with Gasteiger partial charge in [0.2, 0.25) is 0 Å².